The fourth-order valence-electron chi connectivity index (χ4n) is 4.51. The first kappa shape index (κ1) is 18.4. The Morgan fingerprint density at radius 1 is 1.07 bits per heavy atom. The van der Waals surface area contributed by atoms with Crippen LogP contribution in [-0.4, -0.2) is 33.3 Å². The zero-order valence-electron chi connectivity index (χ0n) is 17.1. The van der Waals surface area contributed by atoms with Crippen LogP contribution >= 0.6 is 11.3 Å². The minimum Gasteiger partial charge on any atom is -0.338 e. The molecule has 2 aromatic carbocycles. The quantitative estimate of drug-likeness (QED) is 0.434. The Morgan fingerprint density at radius 2 is 1.79 bits per heavy atom. The molecule has 0 saturated carbocycles. The summed E-state index contributed by atoms with van der Waals surface area (Å²) in [4.78, 5) is 20.9. The summed E-state index contributed by atoms with van der Waals surface area (Å²) in [6, 6.07) is 14.5. The molecule has 0 spiro atoms. The third kappa shape index (κ3) is 3.33. The Labute approximate surface area is 174 Å². The minimum atomic E-state index is 0.150. The lowest BCUT2D eigenvalue weighted by Crippen LogP contribution is -2.42. The number of fused-ring (bicyclic) bond motifs is 3. The molecule has 29 heavy (non-hydrogen) atoms. The molecule has 1 saturated heterocycles. The van der Waals surface area contributed by atoms with Gasteiger partial charge in [0.2, 0.25) is 0 Å². The molecule has 2 atom stereocenters. The Morgan fingerprint density at radius 3 is 2.52 bits per heavy atom. The van der Waals surface area contributed by atoms with E-state index in [1.54, 1.807) is 11.3 Å². The summed E-state index contributed by atoms with van der Waals surface area (Å²) in [5.74, 6) is 1.28. The molecule has 1 aliphatic rings. The lowest BCUT2D eigenvalue weighted by atomic mass is 9.91. The van der Waals surface area contributed by atoms with Crippen molar-refractivity contribution in [1.82, 2.24) is 14.3 Å². The van der Waals surface area contributed by atoms with Gasteiger partial charge in [-0.25, -0.2) is 4.98 Å². The van der Waals surface area contributed by atoms with E-state index in [0.717, 1.165) is 45.1 Å². The molecule has 2 unspecified atom stereocenters. The third-order valence-corrected chi connectivity index (χ3v) is 6.86. The highest BCUT2D eigenvalue weighted by atomic mass is 32.1. The van der Waals surface area contributed by atoms with Gasteiger partial charge in [0.15, 0.2) is 4.96 Å². The number of amides is 1. The number of likely N-dealkylation sites (tertiary alicyclic amines) is 1. The summed E-state index contributed by atoms with van der Waals surface area (Å²) in [7, 11) is 0. The number of nitrogens with zero attached hydrogens (tertiary/aromatic N) is 3. The second-order valence-electron chi connectivity index (χ2n) is 8.59. The van der Waals surface area contributed by atoms with Crippen molar-refractivity contribution in [1.29, 1.82) is 0 Å². The number of piperidine rings is 1. The van der Waals surface area contributed by atoms with E-state index in [0.29, 0.717) is 11.8 Å². The average molecular weight is 404 g/mol. The predicted octanol–water partition coefficient (Wildman–Crippen LogP) is 5.64. The molecule has 1 fully saturated rings. The first-order chi connectivity index (χ1) is 14.0. The smallest absolute Gasteiger partial charge is 0.253 e. The van der Waals surface area contributed by atoms with Crippen LogP contribution in [0.25, 0.3) is 26.4 Å². The Balaban J connectivity index is 1.48. The normalized spacial score (nSPS) is 19.9. The lowest BCUT2D eigenvalue weighted by Gasteiger charge is -2.35. The molecule has 5 rings (SSSR count). The van der Waals surface area contributed by atoms with Gasteiger partial charge in [-0.2, -0.15) is 0 Å². The molecule has 148 valence electrons. The highest BCUT2D eigenvalue weighted by Crippen LogP contribution is 2.31. The second-order valence-corrected chi connectivity index (χ2v) is 9.59. The van der Waals surface area contributed by atoms with E-state index in [4.69, 9.17) is 4.98 Å². The van der Waals surface area contributed by atoms with Gasteiger partial charge in [-0.05, 0) is 43.4 Å². The molecule has 1 aliphatic heterocycles. The van der Waals surface area contributed by atoms with Gasteiger partial charge in [0.05, 0.1) is 15.9 Å². The summed E-state index contributed by atoms with van der Waals surface area (Å²) in [6.45, 7) is 8.27. The highest BCUT2D eigenvalue weighted by Gasteiger charge is 2.26. The Hall–Kier alpha value is -2.66. The number of carbonyl (C=O) groups excluding carboxylic acids is 1. The minimum absolute atomic E-state index is 0.150. The molecular weight excluding hydrogens is 378 g/mol. The Bertz CT molecular complexity index is 1190. The van der Waals surface area contributed by atoms with Crippen LogP contribution in [0.4, 0.5) is 0 Å². The zero-order chi connectivity index (χ0) is 20.1. The van der Waals surface area contributed by atoms with Crippen LogP contribution < -0.4 is 0 Å². The molecule has 0 N–H and O–H groups in total. The van der Waals surface area contributed by atoms with Crippen molar-refractivity contribution in [3.8, 4) is 11.3 Å². The molecule has 5 heteroatoms. The average Bonchev–Trinajstić information content (AvgIpc) is 3.24. The van der Waals surface area contributed by atoms with Gasteiger partial charge >= 0.3 is 0 Å². The van der Waals surface area contributed by atoms with Crippen LogP contribution in [-0.2, 0) is 0 Å². The van der Waals surface area contributed by atoms with Gasteiger partial charge in [-0.1, -0.05) is 55.0 Å². The van der Waals surface area contributed by atoms with Crippen LogP contribution in [0.3, 0.4) is 0 Å². The topological polar surface area (TPSA) is 37.6 Å². The van der Waals surface area contributed by atoms with Crippen molar-refractivity contribution in [2.75, 3.05) is 13.1 Å². The van der Waals surface area contributed by atoms with Crippen molar-refractivity contribution in [3.05, 3.63) is 59.8 Å². The molecular formula is C24H25N3OS. The molecule has 0 bridgehead atoms. The second kappa shape index (κ2) is 6.99. The summed E-state index contributed by atoms with van der Waals surface area (Å²) in [6.07, 6.45) is 3.29. The molecule has 0 aliphatic carbocycles. The first-order valence-corrected chi connectivity index (χ1v) is 11.1. The van der Waals surface area contributed by atoms with Gasteiger partial charge in [0.1, 0.15) is 0 Å². The Kier molecular flexibility index (Phi) is 4.43. The molecule has 4 nitrogen and oxygen atoms in total. The van der Waals surface area contributed by atoms with Crippen molar-refractivity contribution in [2.24, 2.45) is 11.8 Å². The summed E-state index contributed by atoms with van der Waals surface area (Å²) in [5.41, 5.74) is 5.24. The van der Waals surface area contributed by atoms with Crippen LogP contribution in [0.5, 0.6) is 0 Å². The third-order valence-electron chi connectivity index (χ3n) is 5.84. The number of aromatic nitrogens is 2. The van der Waals surface area contributed by atoms with Gasteiger partial charge in [-0.15, -0.1) is 0 Å². The molecule has 0 radical (unpaired) electrons. The van der Waals surface area contributed by atoms with Crippen molar-refractivity contribution in [2.45, 2.75) is 27.2 Å². The lowest BCUT2D eigenvalue weighted by molar-refractivity contribution is 0.0623. The van der Waals surface area contributed by atoms with E-state index in [9.17, 15) is 4.79 Å². The van der Waals surface area contributed by atoms with Crippen molar-refractivity contribution >= 4 is 32.4 Å². The van der Waals surface area contributed by atoms with Crippen LogP contribution in [0, 0.1) is 18.8 Å². The number of rotatable bonds is 2. The molecule has 4 aromatic rings. The van der Waals surface area contributed by atoms with Crippen LogP contribution in [0.1, 0.15) is 36.2 Å². The first-order valence-electron chi connectivity index (χ1n) is 10.3. The fourth-order valence-corrected chi connectivity index (χ4v) is 5.56. The standard InChI is InChI=1S/C24H25N3OS/c1-15-4-6-18(7-5-15)20-14-27-21-9-8-19(11-22(21)29-24(27)25-20)23(28)26-12-16(2)10-17(3)13-26/h4-9,11,14,16-17H,10,12-13H2,1-3H3. The van der Waals surface area contributed by atoms with Crippen molar-refractivity contribution < 1.29 is 4.79 Å². The molecule has 2 aromatic heterocycles. The van der Waals surface area contributed by atoms with Crippen LogP contribution in [0.2, 0.25) is 0 Å². The van der Waals surface area contributed by atoms with E-state index in [2.05, 4.69) is 61.7 Å². The number of benzene rings is 2. The maximum Gasteiger partial charge on any atom is 0.253 e. The van der Waals surface area contributed by atoms with Gasteiger partial charge in [0.25, 0.3) is 5.91 Å². The zero-order valence-corrected chi connectivity index (χ0v) is 17.9. The summed E-state index contributed by atoms with van der Waals surface area (Å²) < 4.78 is 3.24. The van der Waals surface area contributed by atoms with E-state index in [1.165, 1.54) is 12.0 Å². The molecule has 3 heterocycles. The van der Waals surface area contributed by atoms with Gasteiger partial charge in [0, 0.05) is 30.4 Å². The predicted molar refractivity (Wildman–Crippen MR) is 120 cm³/mol. The van der Waals surface area contributed by atoms with E-state index >= 15 is 0 Å². The van der Waals surface area contributed by atoms with Crippen LogP contribution in [0.15, 0.2) is 48.7 Å². The van der Waals surface area contributed by atoms with Gasteiger partial charge < -0.3 is 4.90 Å². The van der Waals surface area contributed by atoms with E-state index in [1.807, 2.05) is 17.0 Å². The monoisotopic (exact) mass is 403 g/mol. The largest absolute Gasteiger partial charge is 0.338 e. The number of carbonyl (C=O) groups is 1. The highest BCUT2D eigenvalue weighted by molar-refractivity contribution is 7.23. The number of aryl methyl sites for hydroxylation is 1. The number of hydrogen-bond acceptors (Lipinski definition) is 3. The summed E-state index contributed by atoms with van der Waals surface area (Å²) in [5, 5.41) is 0. The molecule has 1 amide bonds. The summed E-state index contributed by atoms with van der Waals surface area (Å²) >= 11 is 1.64. The maximum absolute atomic E-state index is 13.1. The van der Waals surface area contributed by atoms with E-state index < -0.39 is 0 Å². The maximum atomic E-state index is 13.1. The SMILES string of the molecule is Cc1ccc(-c2cn3c(n2)sc2cc(C(=O)N4CC(C)CC(C)C4)ccc23)cc1. The number of hydrogen-bond donors (Lipinski definition) is 0. The number of thiazole rings is 1. The number of imidazole rings is 1. The van der Waals surface area contributed by atoms with Crippen molar-refractivity contribution in [3.63, 3.8) is 0 Å². The van der Waals surface area contributed by atoms with Gasteiger partial charge in [-0.3, -0.25) is 9.20 Å². The fraction of sp³-hybridized carbons (Fsp3) is 0.333. The van der Waals surface area contributed by atoms with E-state index in [-0.39, 0.29) is 5.91 Å².